The number of rotatable bonds is 8. The molecule has 1 saturated heterocycles. The third-order valence-electron chi connectivity index (χ3n) is 4.72. The van der Waals surface area contributed by atoms with Crippen LogP contribution in [-0.2, 0) is 6.54 Å². The first-order valence-corrected chi connectivity index (χ1v) is 9.22. The summed E-state index contributed by atoms with van der Waals surface area (Å²) in [4.78, 5) is 6.76. The zero-order valence-electron chi connectivity index (χ0n) is 16.3. The van der Waals surface area contributed by atoms with Gasteiger partial charge < -0.3 is 15.4 Å². The Morgan fingerprint density at radius 1 is 1.19 bits per heavy atom. The van der Waals surface area contributed by atoms with Crippen LogP contribution in [0.5, 0.6) is 5.75 Å². The SMILES string of the molecule is CN=C(NCc1ccccc1OC(F)F)NCC(C(C)C)N1CCCC1.I. The van der Waals surface area contributed by atoms with Crippen LogP contribution in [0.3, 0.4) is 0 Å². The summed E-state index contributed by atoms with van der Waals surface area (Å²) in [5, 5.41) is 6.55. The number of para-hydroxylation sites is 1. The average Bonchev–Trinajstić information content (AvgIpc) is 3.12. The summed E-state index contributed by atoms with van der Waals surface area (Å²) in [6, 6.07) is 7.23. The highest BCUT2D eigenvalue weighted by Gasteiger charge is 2.24. The lowest BCUT2D eigenvalue weighted by molar-refractivity contribution is -0.0504. The van der Waals surface area contributed by atoms with E-state index in [4.69, 9.17) is 0 Å². The van der Waals surface area contributed by atoms with Gasteiger partial charge in [-0.2, -0.15) is 8.78 Å². The Balaban J connectivity index is 0.00000364. The van der Waals surface area contributed by atoms with Crippen LogP contribution < -0.4 is 15.4 Å². The Hall–Kier alpha value is -1.16. The van der Waals surface area contributed by atoms with E-state index in [0.29, 0.717) is 30.0 Å². The van der Waals surface area contributed by atoms with Gasteiger partial charge in [-0.3, -0.25) is 9.89 Å². The molecule has 154 valence electrons. The largest absolute Gasteiger partial charge is 0.434 e. The molecule has 1 aliphatic rings. The number of nitrogens with zero attached hydrogens (tertiary/aromatic N) is 2. The topological polar surface area (TPSA) is 48.9 Å². The van der Waals surface area contributed by atoms with E-state index in [-0.39, 0.29) is 29.7 Å². The molecular formula is C19H31F2IN4O. The average molecular weight is 496 g/mol. The van der Waals surface area contributed by atoms with Crippen LogP contribution in [0.2, 0.25) is 0 Å². The van der Waals surface area contributed by atoms with Gasteiger partial charge in [0.15, 0.2) is 5.96 Å². The van der Waals surface area contributed by atoms with E-state index in [1.165, 1.54) is 12.8 Å². The van der Waals surface area contributed by atoms with Gasteiger partial charge in [0, 0.05) is 31.7 Å². The van der Waals surface area contributed by atoms with Gasteiger partial charge in [-0.05, 0) is 37.9 Å². The number of alkyl halides is 2. The zero-order valence-corrected chi connectivity index (χ0v) is 18.6. The fraction of sp³-hybridized carbons (Fsp3) is 0.632. The van der Waals surface area contributed by atoms with Crippen LogP contribution >= 0.6 is 24.0 Å². The minimum absolute atomic E-state index is 0. The number of guanidine groups is 1. The maximum absolute atomic E-state index is 12.5. The maximum Gasteiger partial charge on any atom is 0.387 e. The Kier molecular flexibility index (Phi) is 10.9. The van der Waals surface area contributed by atoms with Crippen LogP contribution in [0.1, 0.15) is 32.3 Å². The summed E-state index contributed by atoms with van der Waals surface area (Å²) in [6.07, 6.45) is 2.52. The van der Waals surface area contributed by atoms with Gasteiger partial charge in [0.1, 0.15) is 5.75 Å². The first kappa shape index (κ1) is 23.9. The van der Waals surface area contributed by atoms with E-state index in [1.54, 1.807) is 31.3 Å². The highest BCUT2D eigenvalue weighted by Crippen LogP contribution is 2.20. The molecule has 0 aromatic heterocycles. The van der Waals surface area contributed by atoms with Crippen molar-refractivity contribution in [3.05, 3.63) is 29.8 Å². The Morgan fingerprint density at radius 3 is 2.44 bits per heavy atom. The van der Waals surface area contributed by atoms with Crippen LogP contribution in [0.15, 0.2) is 29.3 Å². The van der Waals surface area contributed by atoms with E-state index in [9.17, 15) is 8.78 Å². The molecule has 1 aromatic rings. The number of hydrogen-bond donors (Lipinski definition) is 2. The molecule has 0 radical (unpaired) electrons. The number of nitrogens with one attached hydrogen (secondary N) is 2. The third-order valence-corrected chi connectivity index (χ3v) is 4.72. The second-order valence-corrected chi connectivity index (χ2v) is 6.85. The molecule has 1 aromatic carbocycles. The van der Waals surface area contributed by atoms with Crippen molar-refractivity contribution in [2.24, 2.45) is 10.9 Å². The standard InChI is InChI=1S/C19H30F2N4O.HI/c1-14(2)16(25-10-6-7-11-25)13-24-19(22-3)23-12-15-8-4-5-9-17(15)26-18(20)21;/h4-5,8-9,14,16,18H,6-7,10-13H2,1-3H3,(H2,22,23,24);1H. The molecule has 1 fully saturated rings. The molecule has 2 rings (SSSR count). The minimum Gasteiger partial charge on any atom is -0.434 e. The maximum atomic E-state index is 12.5. The molecule has 2 N–H and O–H groups in total. The van der Waals surface area contributed by atoms with Crippen molar-refractivity contribution in [2.75, 3.05) is 26.7 Å². The zero-order chi connectivity index (χ0) is 18.9. The molecule has 0 spiro atoms. The smallest absolute Gasteiger partial charge is 0.387 e. The molecule has 0 saturated carbocycles. The molecule has 1 heterocycles. The molecule has 0 bridgehead atoms. The second-order valence-electron chi connectivity index (χ2n) is 6.85. The summed E-state index contributed by atoms with van der Waals surface area (Å²) >= 11 is 0. The minimum atomic E-state index is -2.83. The third kappa shape index (κ3) is 7.77. The van der Waals surface area contributed by atoms with Gasteiger partial charge in [0.05, 0.1) is 0 Å². The fourth-order valence-corrected chi connectivity index (χ4v) is 3.32. The Morgan fingerprint density at radius 2 is 1.85 bits per heavy atom. The molecular weight excluding hydrogens is 465 g/mol. The van der Waals surface area contributed by atoms with Crippen molar-refractivity contribution in [2.45, 2.75) is 45.9 Å². The van der Waals surface area contributed by atoms with E-state index in [0.717, 1.165) is 19.6 Å². The summed E-state index contributed by atoms with van der Waals surface area (Å²) in [7, 11) is 1.71. The molecule has 8 heteroatoms. The summed E-state index contributed by atoms with van der Waals surface area (Å²) in [5.41, 5.74) is 0.663. The van der Waals surface area contributed by atoms with Crippen molar-refractivity contribution < 1.29 is 13.5 Å². The predicted molar refractivity (Wildman–Crippen MR) is 116 cm³/mol. The second kappa shape index (κ2) is 12.3. The first-order chi connectivity index (χ1) is 12.5. The van der Waals surface area contributed by atoms with Gasteiger partial charge in [-0.25, -0.2) is 0 Å². The summed E-state index contributed by atoms with van der Waals surface area (Å²) in [6.45, 7) is 5.09. The van der Waals surface area contributed by atoms with E-state index < -0.39 is 6.61 Å². The molecule has 27 heavy (non-hydrogen) atoms. The normalized spacial score (nSPS) is 16.3. The number of likely N-dealkylation sites (tertiary alicyclic amines) is 1. The van der Waals surface area contributed by atoms with Crippen molar-refractivity contribution >= 4 is 29.9 Å². The number of ether oxygens (including phenoxy) is 1. The Bertz CT molecular complexity index is 581. The van der Waals surface area contributed by atoms with Gasteiger partial charge in [0.25, 0.3) is 0 Å². The highest BCUT2D eigenvalue weighted by atomic mass is 127. The molecule has 5 nitrogen and oxygen atoms in total. The number of halogens is 3. The van der Waals surface area contributed by atoms with Crippen LogP contribution in [0, 0.1) is 5.92 Å². The molecule has 0 amide bonds. The number of hydrogen-bond acceptors (Lipinski definition) is 3. The molecule has 0 aliphatic carbocycles. The van der Waals surface area contributed by atoms with Gasteiger partial charge in [-0.1, -0.05) is 32.0 Å². The summed E-state index contributed by atoms with van der Waals surface area (Å²) < 4.78 is 29.6. The van der Waals surface area contributed by atoms with E-state index in [1.807, 2.05) is 0 Å². The molecule has 1 aliphatic heterocycles. The van der Waals surface area contributed by atoms with Gasteiger partial charge in [0.2, 0.25) is 0 Å². The van der Waals surface area contributed by atoms with E-state index in [2.05, 4.69) is 39.1 Å². The number of aliphatic imine (C=N–C) groups is 1. The predicted octanol–water partition coefficient (Wildman–Crippen LogP) is 3.69. The lowest BCUT2D eigenvalue weighted by Crippen LogP contribution is -2.48. The van der Waals surface area contributed by atoms with Gasteiger partial charge in [-0.15, -0.1) is 24.0 Å². The lowest BCUT2D eigenvalue weighted by Gasteiger charge is -2.31. The lowest BCUT2D eigenvalue weighted by atomic mass is 10.0. The number of benzene rings is 1. The highest BCUT2D eigenvalue weighted by molar-refractivity contribution is 14.0. The van der Waals surface area contributed by atoms with Gasteiger partial charge >= 0.3 is 6.61 Å². The van der Waals surface area contributed by atoms with Crippen molar-refractivity contribution in [3.8, 4) is 5.75 Å². The van der Waals surface area contributed by atoms with Crippen LogP contribution in [0.4, 0.5) is 8.78 Å². The van der Waals surface area contributed by atoms with E-state index >= 15 is 0 Å². The monoisotopic (exact) mass is 496 g/mol. The van der Waals surface area contributed by atoms with Crippen molar-refractivity contribution in [1.29, 1.82) is 0 Å². The van der Waals surface area contributed by atoms with Crippen molar-refractivity contribution in [1.82, 2.24) is 15.5 Å². The van der Waals surface area contributed by atoms with Crippen molar-refractivity contribution in [3.63, 3.8) is 0 Å². The van der Waals surface area contributed by atoms with Crippen LogP contribution in [-0.4, -0.2) is 50.2 Å². The van der Waals surface area contributed by atoms with Crippen LogP contribution in [0.25, 0.3) is 0 Å². The first-order valence-electron chi connectivity index (χ1n) is 9.22. The Labute approximate surface area is 178 Å². The fourth-order valence-electron chi connectivity index (χ4n) is 3.32. The quantitative estimate of drug-likeness (QED) is 0.328. The summed E-state index contributed by atoms with van der Waals surface area (Å²) in [5.74, 6) is 1.38. The molecule has 1 unspecified atom stereocenters. The molecule has 1 atom stereocenters.